The molecule has 0 bridgehead atoms. The number of carbonyl (C=O) groups is 1. The van der Waals surface area contributed by atoms with Crippen molar-refractivity contribution in [2.75, 3.05) is 12.3 Å². The number of carboxylic acid groups (broad SMARTS) is 1. The van der Waals surface area contributed by atoms with E-state index in [0.717, 1.165) is 17.7 Å². The summed E-state index contributed by atoms with van der Waals surface area (Å²) in [5, 5.41) is 15.6. The van der Waals surface area contributed by atoms with Crippen LogP contribution in [0.4, 0.5) is 5.69 Å². The van der Waals surface area contributed by atoms with E-state index in [1.165, 1.54) is 12.1 Å². The number of hydrogen-bond donors (Lipinski definition) is 3. The van der Waals surface area contributed by atoms with Gasteiger partial charge in [-0.3, -0.25) is 0 Å². The summed E-state index contributed by atoms with van der Waals surface area (Å²) < 4.78 is 5.21. The number of nitrogen functional groups attached to an aromatic ring is 1. The third kappa shape index (κ3) is 6.05. The minimum atomic E-state index is -0.973. The maximum atomic E-state index is 10.6. The van der Waals surface area contributed by atoms with Gasteiger partial charge in [0.2, 0.25) is 0 Å². The summed E-state index contributed by atoms with van der Waals surface area (Å²) in [5.74, 6) is -0.101. The van der Waals surface area contributed by atoms with Crippen molar-refractivity contribution in [1.82, 2.24) is 0 Å². The van der Waals surface area contributed by atoms with Crippen LogP contribution in [0.25, 0.3) is 5.57 Å². The lowest BCUT2D eigenvalue weighted by atomic mass is 10.1. The molecule has 0 fully saturated rings. The van der Waals surface area contributed by atoms with Crippen LogP contribution < -0.4 is 10.5 Å². The molecule has 0 heterocycles. The van der Waals surface area contributed by atoms with Gasteiger partial charge in [-0.05, 0) is 54.5 Å². The maximum absolute atomic E-state index is 10.6. The van der Waals surface area contributed by atoms with Crippen LogP contribution in [-0.2, 0) is 0 Å². The second kappa shape index (κ2) is 9.04. The number of hydrogen-bond acceptors (Lipinski definition) is 4. The first-order chi connectivity index (χ1) is 11.0. The summed E-state index contributed by atoms with van der Waals surface area (Å²) >= 11 is 0. The lowest BCUT2D eigenvalue weighted by Gasteiger charge is -2.01. The van der Waals surface area contributed by atoms with Crippen LogP contribution in [0, 0.1) is 5.41 Å². The molecule has 0 aliphatic heterocycles. The predicted molar refractivity (Wildman–Crippen MR) is 93.2 cm³/mol. The Morgan fingerprint density at radius 1 is 1.26 bits per heavy atom. The number of anilines is 1. The van der Waals surface area contributed by atoms with Crippen LogP contribution in [0.2, 0.25) is 0 Å². The van der Waals surface area contributed by atoms with Gasteiger partial charge in [-0.2, -0.15) is 0 Å². The van der Waals surface area contributed by atoms with E-state index in [2.05, 4.69) is 6.58 Å². The van der Waals surface area contributed by atoms with Crippen molar-refractivity contribution in [1.29, 1.82) is 5.41 Å². The molecular formula is C18H20N2O3. The van der Waals surface area contributed by atoms with E-state index < -0.39 is 5.97 Å². The van der Waals surface area contributed by atoms with Gasteiger partial charge in [-0.1, -0.05) is 18.7 Å². The van der Waals surface area contributed by atoms with E-state index in [1.54, 1.807) is 12.1 Å². The fourth-order valence-corrected chi connectivity index (χ4v) is 1.67. The standard InChI is InChI=1S/C10H9NO2.C8H11NO/c1-7(6-11)8-3-2-4-9(5-8)10(12)13;1-2-10-8-5-3-7(9)4-6-8/h2-6,11H,1H2,(H,12,13);3-6H,2,9H2,1H3. The van der Waals surface area contributed by atoms with Gasteiger partial charge < -0.3 is 21.0 Å². The van der Waals surface area contributed by atoms with Gasteiger partial charge in [0.05, 0.1) is 12.2 Å². The Labute approximate surface area is 135 Å². The Hall–Kier alpha value is -3.08. The van der Waals surface area contributed by atoms with Crippen molar-refractivity contribution in [2.24, 2.45) is 0 Å². The molecule has 0 saturated carbocycles. The summed E-state index contributed by atoms with van der Waals surface area (Å²) in [6.07, 6.45) is 1.10. The zero-order valence-electron chi connectivity index (χ0n) is 13.0. The number of aromatic carboxylic acids is 1. The summed E-state index contributed by atoms with van der Waals surface area (Å²) in [6.45, 7) is 6.26. The molecule has 0 saturated heterocycles. The van der Waals surface area contributed by atoms with Gasteiger partial charge in [0.25, 0.3) is 0 Å². The zero-order chi connectivity index (χ0) is 17.2. The Bertz CT molecular complexity index is 679. The molecule has 0 spiro atoms. The lowest BCUT2D eigenvalue weighted by Crippen LogP contribution is -1.96. The van der Waals surface area contributed by atoms with Crippen LogP contribution in [0.3, 0.4) is 0 Å². The average molecular weight is 312 g/mol. The fraction of sp³-hybridized carbons (Fsp3) is 0.111. The van der Waals surface area contributed by atoms with Crippen LogP contribution >= 0.6 is 0 Å². The van der Waals surface area contributed by atoms with Gasteiger partial charge in [0.15, 0.2) is 0 Å². The van der Waals surface area contributed by atoms with Crippen molar-refractivity contribution in [3.05, 3.63) is 66.2 Å². The van der Waals surface area contributed by atoms with Crippen LogP contribution in [0.1, 0.15) is 22.8 Å². The predicted octanol–water partition coefficient (Wildman–Crippen LogP) is 3.72. The Morgan fingerprint density at radius 2 is 1.87 bits per heavy atom. The number of nitrogens with two attached hydrogens (primary N) is 1. The molecule has 5 heteroatoms. The van der Waals surface area contributed by atoms with Crippen molar-refractivity contribution >= 4 is 23.4 Å². The molecule has 2 aromatic rings. The minimum Gasteiger partial charge on any atom is -0.494 e. The molecular weight excluding hydrogens is 292 g/mol. The third-order valence-electron chi connectivity index (χ3n) is 2.85. The Balaban J connectivity index is 0.000000238. The minimum absolute atomic E-state index is 0.209. The summed E-state index contributed by atoms with van der Waals surface area (Å²) in [7, 11) is 0. The van der Waals surface area contributed by atoms with Gasteiger partial charge in [0, 0.05) is 11.9 Å². The monoisotopic (exact) mass is 312 g/mol. The van der Waals surface area contributed by atoms with E-state index in [0.29, 0.717) is 17.7 Å². The molecule has 2 rings (SSSR count). The molecule has 0 unspecified atom stereocenters. The molecule has 120 valence electrons. The van der Waals surface area contributed by atoms with E-state index in [9.17, 15) is 4.79 Å². The van der Waals surface area contributed by atoms with Gasteiger partial charge >= 0.3 is 5.97 Å². The average Bonchev–Trinajstić information content (AvgIpc) is 2.57. The number of carboxylic acids is 1. The first-order valence-corrected chi connectivity index (χ1v) is 6.99. The molecule has 0 aliphatic carbocycles. The molecule has 4 N–H and O–H groups in total. The molecule has 0 aromatic heterocycles. The molecule has 5 nitrogen and oxygen atoms in total. The van der Waals surface area contributed by atoms with E-state index in [4.69, 9.17) is 21.0 Å². The van der Waals surface area contributed by atoms with Crippen LogP contribution in [0.5, 0.6) is 5.75 Å². The van der Waals surface area contributed by atoms with E-state index >= 15 is 0 Å². The Kier molecular flexibility index (Phi) is 7.07. The first kappa shape index (κ1) is 18.0. The van der Waals surface area contributed by atoms with Gasteiger partial charge in [0.1, 0.15) is 5.75 Å². The highest BCUT2D eigenvalue weighted by Crippen LogP contribution is 2.13. The number of benzene rings is 2. The molecule has 0 amide bonds. The zero-order valence-corrected chi connectivity index (χ0v) is 13.0. The second-order valence-corrected chi connectivity index (χ2v) is 4.56. The molecule has 0 radical (unpaired) electrons. The molecule has 2 aromatic carbocycles. The van der Waals surface area contributed by atoms with E-state index in [1.807, 2.05) is 31.2 Å². The molecule has 23 heavy (non-hydrogen) atoms. The van der Waals surface area contributed by atoms with Crippen LogP contribution in [-0.4, -0.2) is 23.9 Å². The van der Waals surface area contributed by atoms with Gasteiger partial charge in [-0.15, -0.1) is 0 Å². The fourth-order valence-electron chi connectivity index (χ4n) is 1.67. The second-order valence-electron chi connectivity index (χ2n) is 4.56. The van der Waals surface area contributed by atoms with Crippen LogP contribution in [0.15, 0.2) is 55.1 Å². The van der Waals surface area contributed by atoms with E-state index in [-0.39, 0.29) is 5.56 Å². The smallest absolute Gasteiger partial charge is 0.335 e. The molecule has 0 atom stereocenters. The number of rotatable bonds is 5. The quantitative estimate of drug-likeness (QED) is 0.579. The highest BCUT2D eigenvalue weighted by Gasteiger charge is 2.03. The third-order valence-corrected chi connectivity index (χ3v) is 2.85. The Morgan fingerprint density at radius 3 is 2.39 bits per heavy atom. The van der Waals surface area contributed by atoms with Crippen molar-refractivity contribution in [3.63, 3.8) is 0 Å². The number of allylic oxidation sites excluding steroid dienone is 1. The maximum Gasteiger partial charge on any atom is 0.335 e. The summed E-state index contributed by atoms with van der Waals surface area (Å²) in [4.78, 5) is 10.6. The normalized spacial score (nSPS) is 9.26. The van der Waals surface area contributed by atoms with Gasteiger partial charge in [-0.25, -0.2) is 4.79 Å². The number of ether oxygens (including phenoxy) is 1. The molecule has 0 aliphatic rings. The first-order valence-electron chi connectivity index (χ1n) is 6.99. The van der Waals surface area contributed by atoms with Crippen molar-refractivity contribution in [2.45, 2.75) is 6.92 Å². The topological polar surface area (TPSA) is 96.4 Å². The highest BCUT2D eigenvalue weighted by molar-refractivity contribution is 6.07. The largest absolute Gasteiger partial charge is 0.494 e. The van der Waals surface area contributed by atoms with Crippen molar-refractivity contribution in [3.8, 4) is 5.75 Å². The summed E-state index contributed by atoms with van der Waals surface area (Å²) in [5.41, 5.74) is 7.61. The lowest BCUT2D eigenvalue weighted by molar-refractivity contribution is 0.0697. The van der Waals surface area contributed by atoms with Crippen molar-refractivity contribution < 1.29 is 14.6 Å². The number of nitrogens with one attached hydrogen (secondary N) is 1. The summed E-state index contributed by atoms with van der Waals surface area (Å²) in [6, 6.07) is 13.7. The highest BCUT2D eigenvalue weighted by atomic mass is 16.5. The SMILES string of the molecule is C=C(C=N)c1cccc(C(=O)O)c1.CCOc1ccc(N)cc1.